The summed E-state index contributed by atoms with van der Waals surface area (Å²) < 4.78 is 11.2. The van der Waals surface area contributed by atoms with Gasteiger partial charge in [0.05, 0.1) is 12.3 Å². The Labute approximate surface area is 145 Å². The molecule has 0 N–H and O–H groups in total. The molecule has 0 amide bonds. The number of rotatable bonds is 3. The summed E-state index contributed by atoms with van der Waals surface area (Å²) in [4.78, 5) is 18.9. The van der Waals surface area contributed by atoms with E-state index >= 15 is 0 Å². The first-order valence-electron chi connectivity index (χ1n) is 8.27. The monoisotopic (exact) mass is 344 g/mol. The molecule has 0 saturated carbocycles. The third-order valence-corrected chi connectivity index (χ3v) is 5.49. The fourth-order valence-corrected chi connectivity index (χ4v) is 4.18. The first kappa shape index (κ1) is 15.7. The number of aromatic nitrogens is 1. The van der Waals surface area contributed by atoms with Crippen LogP contribution in [-0.2, 0) is 14.3 Å². The lowest BCUT2D eigenvalue weighted by molar-refractivity contribution is -0.147. The van der Waals surface area contributed by atoms with E-state index in [1.165, 1.54) is 0 Å². The van der Waals surface area contributed by atoms with Gasteiger partial charge in [-0.15, -0.1) is 11.3 Å². The van der Waals surface area contributed by atoms with Crippen molar-refractivity contribution >= 4 is 17.3 Å². The second-order valence-electron chi connectivity index (χ2n) is 6.29. The first-order valence-corrected chi connectivity index (χ1v) is 9.15. The van der Waals surface area contributed by atoms with Crippen molar-refractivity contribution in [2.75, 3.05) is 19.7 Å². The summed E-state index contributed by atoms with van der Waals surface area (Å²) in [6.07, 6.45) is 0.692. The van der Waals surface area contributed by atoms with Crippen molar-refractivity contribution in [3.8, 4) is 11.3 Å². The number of esters is 1. The van der Waals surface area contributed by atoms with Crippen molar-refractivity contribution in [1.29, 1.82) is 0 Å². The van der Waals surface area contributed by atoms with Gasteiger partial charge in [0, 0.05) is 30.5 Å². The van der Waals surface area contributed by atoms with E-state index in [1.54, 1.807) is 11.3 Å². The molecule has 0 bridgehead atoms. The molecular formula is C18H20N2O3S. The van der Waals surface area contributed by atoms with Gasteiger partial charge in [0.25, 0.3) is 0 Å². The predicted molar refractivity (Wildman–Crippen MR) is 91.8 cm³/mol. The Balaban J connectivity index is 1.49. The standard InChI is InChI=1S/C18H20N2O3S/c1-12-9-15(18(21)23-12)20-7-8-22-16(10-20)17-19-14(11-24-17)13-5-3-2-4-6-13/h2-6,11-12,15-16H,7-10H2,1H3/t12-,15-,16-/m1/s1. The van der Waals surface area contributed by atoms with Crippen LogP contribution < -0.4 is 0 Å². The Morgan fingerprint density at radius 1 is 1.29 bits per heavy atom. The lowest BCUT2D eigenvalue weighted by Gasteiger charge is -2.34. The highest BCUT2D eigenvalue weighted by Crippen LogP contribution is 2.31. The number of ether oxygens (including phenoxy) is 2. The molecule has 2 fully saturated rings. The van der Waals surface area contributed by atoms with Gasteiger partial charge in [0.15, 0.2) is 0 Å². The van der Waals surface area contributed by atoms with Gasteiger partial charge in [-0.1, -0.05) is 30.3 Å². The Morgan fingerprint density at radius 2 is 2.12 bits per heavy atom. The number of nitrogens with zero attached hydrogens (tertiary/aromatic N) is 2. The van der Waals surface area contributed by atoms with Crippen LogP contribution in [-0.4, -0.2) is 47.7 Å². The van der Waals surface area contributed by atoms with Crippen molar-refractivity contribution in [1.82, 2.24) is 9.88 Å². The number of hydrogen-bond donors (Lipinski definition) is 0. The second kappa shape index (κ2) is 6.63. The highest BCUT2D eigenvalue weighted by Gasteiger charge is 2.39. The SMILES string of the molecule is C[C@@H]1C[C@@H](N2CCO[C@@H](c3nc(-c4ccccc4)cs3)C2)C(=O)O1. The molecule has 0 spiro atoms. The molecular weight excluding hydrogens is 324 g/mol. The molecule has 4 rings (SSSR count). The van der Waals surface area contributed by atoms with E-state index in [-0.39, 0.29) is 24.2 Å². The summed E-state index contributed by atoms with van der Waals surface area (Å²) in [7, 11) is 0. The molecule has 2 aromatic rings. The molecule has 6 heteroatoms. The molecule has 2 aliphatic rings. The zero-order valence-corrected chi connectivity index (χ0v) is 14.4. The van der Waals surface area contributed by atoms with Gasteiger partial charge < -0.3 is 9.47 Å². The molecule has 3 heterocycles. The zero-order chi connectivity index (χ0) is 16.5. The van der Waals surface area contributed by atoms with Crippen LogP contribution in [0.1, 0.15) is 24.5 Å². The minimum Gasteiger partial charge on any atom is -0.461 e. The molecule has 126 valence electrons. The van der Waals surface area contributed by atoms with Crippen LogP contribution in [0.25, 0.3) is 11.3 Å². The minimum atomic E-state index is -0.139. The van der Waals surface area contributed by atoms with Crippen LogP contribution in [0.15, 0.2) is 35.7 Å². The quantitative estimate of drug-likeness (QED) is 0.802. The summed E-state index contributed by atoms with van der Waals surface area (Å²) in [5.41, 5.74) is 2.09. The van der Waals surface area contributed by atoms with Gasteiger partial charge >= 0.3 is 5.97 Å². The normalized spacial score (nSPS) is 28.0. The Kier molecular flexibility index (Phi) is 4.35. The molecule has 3 atom stereocenters. The van der Waals surface area contributed by atoms with Crippen LogP contribution in [0, 0.1) is 0 Å². The fourth-order valence-electron chi connectivity index (χ4n) is 3.31. The van der Waals surface area contributed by atoms with E-state index < -0.39 is 0 Å². The van der Waals surface area contributed by atoms with Crippen LogP contribution in [0.2, 0.25) is 0 Å². The summed E-state index contributed by atoms with van der Waals surface area (Å²) in [5, 5.41) is 3.04. The number of carbonyl (C=O) groups excluding carboxylic acids is 1. The largest absolute Gasteiger partial charge is 0.461 e. The summed E-state index contributed by atoms with van der Waals surface area (Å²) in [5.74, 6) is -0.104. The van der Waals surface area contributed by atoms with Crippen LogP contribution in [0.3, 0.4) is 0 Å². The van der Waals surface area contributed by atoms with Gasteiger partial charge in [-0.3, -0.25) is 9.69 Å². The third-order valence-electron chi connectivity index (χ3n) is 4.55. The van der Waals surface area contributed by atoms with Crippen molar-refractivity contribution in [3.05, 3.63) is 40.7 Å². The zero-order valence-electron chi connectivity index (χ0n) is 13.6. The predicted octanol–water partition coefficient (Wildman–Crippen LogP) is 2.89. The molecule has 0 unspecified atom stereocenters. The molecule has 2 saturated heterocycles. The summed E-state index contributed by atoms with van der Waals surface area (Å²) in [6, 6.07) is 10.0. The number of thiazole rings is 1. The van der Waals surface area contributed by atoms with E-state index in [0.717, 1.165) is 29.2 Å². The Morgan fingerprint density at radius 3 is 2.88 bits per heavy atom. The van der Waals surface area contributed by atoms with Crippen molar-refractivity contribution in [2.24, 2.45) is 0 Å². The number of benzene rings is 1. The van der Waals surface area contributed by atoms with Gasteiger partial charge in [0.2, 0.25) is 0 Å². The topological polar surface area (TPSA) is 51.7 Å². The van der Waals surface area contributed by atoms with E-state index in [0.29, 0.717) is 13.2 Å². The second-order valence-corrected chi connectivity index (χ2v) is 7.18. The highest BCUT2D eigenvalue weighted by molar-refractivity contribution is 7.10. The first-order chi connectivity index (χ1) is 11.7. The van der Waals surface area contributed by atoms with Gasteiger partial charge in [-0.25, -0.2) is 4.98 Å². The van der Waals surface area contributed by atoms with Crippen LogP contribution in [0.4, 0.5) is 0 Å². The summed E-state index contributed by atoms with van der Waals surface area (Å²) in [6.45, 7) is 4.01. The van der Waals surface area contributed by atoms with Gasteiger partial charge in [-0.05, 0) is 6.92 Å². The number of cyclic esters (lactones) is 1. The average molecular weight is 344 g/mol. The fraction of sp³-hybridized carbons (Fsp3) is 0.444. The van der Waals surface area contributed by atoms with E-state index in [2.05, 4.69) is 22.4 Å². The maximum absolute atomic E-state index is 12.0. The molecule has 0 aliphatic carbocycles. The van der Waals surface area contributed by atoms with Crippen molar-refractivity contribution < 1.29 is 14.3 Å². The third kappa shape index (κ3) is 3.09. The molecule has 1 aromatic heterocycles. The lowest BCUT2D eigenvalue weighted by atomic mass is 10.1. The van der Waals surface area contributed by atoms with Crippen LogP contribution >= 0.6 is 11.3 Å². The number of carbonyl (C=O) groups is 1. The molecule has 5 nitrogen and oxygen atoms in total. The molecule has 1 aromatic carbocycles. The summed E-state index contributed by atoms with van der Waals surface area (Å²) >= 11 is 1.62. The van der Waals surface area contributed by atoms with Crippen LogP contribution in [0.5, 0.6) is 0 Å². The van der Waals surface area contributed by atoms with Gasteiger partial charge in [0.1, 0.15) is 23.3 Å². The average Bonchev–Trinajstić information content (AvgIpc) is 3.22. The Bertz CT molecular complexity index is 718. The van der Waals surface area contributed by atoms with Gasteiger partial charge in [-0.2, -0.15) is 0 Å². The molecule has 0 radical (unpaired) electrons. The molecule has 2 aliphatic heterocycles. The van der Waals surface area contributed by atoms with Crippen molar-refractivity contribution in [3.63, 3.8) is 0 Å². The lowest BCUT2D eigenvalue weighted by Crippen LogP contribution is -2.46. The van der Waals surface area contributed by atoms with E-state index in [1.807, 2.05) is 25.1 Å². The number of hydrogen-bond acceptors (Lipinski definition) is 6. The molecule has 24 heavy (non-hydrogen) atoms. The van der Waals surface area contributed by atoms with E-state index in [9.17, 15) is 4.79 Å². The number of morpholine rings is 1. The maximum Gasteiger partial charge on any atom is 0.323 e. The maximum atomic E-state index is 12.0. The van der Waals surface area contributed by atoms with Crippen molar-refractivity contribution in [2.45, 2.75) is 31.6 Å². The highest BCUT2D eigenvalue weighted by atomic mass is 32.1. The van der Waals surface area contributed by atoms with E-state index in [4.69, 9.17) is 14.5 Å². The Hall–Kier alpha value is -1.76. The minimum absolute atomic E-state index is 0.00772. The smallest absolute Gasteiger partial charge is 0.323 e.